The van der Waals surface area contributed by atoms with Gasteiger partial charge in [0, 0.05) is 29.3 Å². The van der Waals surface area contributed by atoms with Crippen molar-refractivity contribution in [3.63, 3.8) is 0 Å². The number of hydrogen-bond acceptors (Lipinski definition) is 10. The van der Waals surface area contributed by atoms with E-state index < -0.39 is 29.2 Å². The van der Waals surface area contributed by atoms with E-state index in [0.717, 1.165) is 0 Å². The van der Waals surface area contributed by atoms with Crippen LogP contribution < -0.4 is 15.4 Å². The highest BCUT2D eigenvalue weighted by atomic mass is 35.5. The Morgan fingerprint density at radius 1 is 1.15 bits per heavy atom. The number of nitrogens with zero attached hydrogens (tertiary/aromatic N) is 4. The highest BCUT2D eigenvalue weighted by Gasteiger charge is 2.48. The zero-order chi connectivity index (χ0) is 28.6. The number of aromatic nitrogens is 4. The molecule has 1 saturated heterocycles. The van der Waals surface area contributed by atoms with Gasteiger partial charge in [-0.25, -0.2) is 4.39 Å². The van der Waals surface area contributed by atoms with Crippen LogP contribution in [0.3, 0.4) is 0 Å². The number of halogens is 3. The van der Waals surface area contributed by atoms with Gasteiger partial charge >= 0.3 is 0 Å². The molecule has 0 unspecified atom stereocenters. The van der Waals surface area contributed by atoms with Crippen LogP contribution in [0.15, 0.2) is 39.5 Å². The van der Waals surface area contributed by atoms with Crippen molar-refractivity contribution in [1.29, 1.82) is 0 Å². The lowest BCUT2D eigenvalue weighted by Gasteiger charge is -2.40. The Morgan fingerprint density at radius 3 is 2.52 bits per heavy atom. The molecule has 0 spiro atoms. The lowest BCUT2D eigenvalue weighted by molar-refractivity contribution is -0.147. The Hall–Kier alpha value is -4.07. The van der Waals surface area contributed by atoms with Gasteiger partial charge in [-0.2, -0.15) is 4.98 Å². The van der Waals surface area contributed by atoms with Gasteiger partial charge in [0.1, 0.15) is 5.82 Å². The molecule has 1 aromatic carbocycles. The van der Waals surface area contributed by atoms with Crippen LogP contribution in [0.25, 0.3) is 22.5 Å². The number of methoxy groups -OCH3 is 1. The summed E-state index contributed by atoms with van der Waals surface area (Å²) in [6, 6.07) is 4.75. The third-order valence-corrected chi connectivity index (χ3v) is 6.67. The summed E-state index contributed by atoms with van der Waals surface area (Å²) < 4.78 is 35.5. The largest absolute Gasteiger partial charge is 0.479 e. The highest BCUT2D eigenvalue weighted by Crippen LogP contribution is 2.39. The van der Waals surface area contributed by atoms with E-state index in [0.29, 0.717) is 27.6 Å². The predicted molar refractivity (Wildman–Crippen MR) is 138 cm³/mol. The van der Waals surface area contributed by atoms with Crippen molar-refractivity contribution >= 4 is 35.0 Å². The van der Waals surface area contributed by atoms with Crippen LogP contribution in [0.2, 0.25) is 10.0 Å². The molecule has 1 aliphatic rings. The number of rotatable bonds is 8. The average Bonchev–Trinajstić information content (AvgIpc) is 3.54. The first kappa shape index (κ1) is 27.5. The van der Waals surface area contributed by atoms with E-state index in [2.05, 4.69) is 30.9 Å². The molecule has 3 aromatic heterocycles. The third-order valence-electron chi connectivity index (χ3n) is 6.15. The number of carbonyl (C=O) groups excluding carboxylic acids is 2. The zero-order valence-electron chi connectivity index (χ0n) is 21.3. The number of aryl methyl sites for hydroxylation is 1. The van der Waals surface area contributed by atoms with Crippen molar-refractivity contribution in [2.24, 2.45) is 0 Å². The molecule has 1 fully saturated rings. The van der Waals surface area contributed by atoms with E-state index >= 15 is 4.39 Å². The van der Waals surface area contributed by atoms with Gasteiger partial charge in [0.2, 0.25) is 17.5 Å². The topological polar surface area (TPSA) is 154 Å². The molecule has 1 atom stereocenters. The number of hydrogen-bond donors (Lipinski definition) is 2. The number of pyridine rings is 1. The normalized spacial score (nSPS) is 14.8. The molecule has 0 radical (unpaired) electrons. The van der Waals surface area contributed by atoms with Gasteiger partial charge in [0.15, 0.2) is 5.54 Å². The molecule has 2 amide bonds. The SMILES string of the molecule is COc1cc(C(=O)NC2(C(=O)N[C@H](C)c3ncc(-c4cc(Cl)cc(Cl)c4-c4noc(C)n4)cc3F)COC2)on1. The first-order chi connectivity index (χ1) is 19.1. The second kappa shape index (κ2) is 10.8. The van der Waals surface area contributed by atoms with E-state index in [-0.39, 0.29) is 41.4 Å². The monoisotopic (exact) mass is 590 g/mol. The van der Waals surface area contributed by atoms with Crippen LogP contribution in [0.5, 0.6) is 5.88 Å². The van der Waals surface area contributed by atoms with E-state index in [1.807, 2.05) is 0 Å². The van der Waals surface area contributed by atoms with Crippen LogP contribution in [-0.2, 0) is 9.53 Å². The van der Waals surface area contributed by atoms with Gasteiger partial charge in [0.25, 0.3) is 17.7 Å². The molecule has 0 bridgehead atoms. The maximum Gasteiger partial charge on any atom is 0.291 e. The minimum absolute atomic E-state index is 0.0381. The maximum absolute atomic E-state index is 15.4. The van der Waals surface area contributed by atoms with Gasteiger partial charge in [-0.1, -0.05) is 28.4 Å². The molecule has 1 aliphatic heterocycles. The van der Waals surface area contributed by atoms with Crippen molar-refractivity contribution in [1.82, 2.24) is 30.9 Å². The Kier molecular flexibility index (Phi) is 7.45. The average molecular weight is 591 g/mol. The fourth-order valence-corrected chi connectivity index (χ4v) is 4.63. The Balaban J connectivity index is 1.36. The van der Waals surface area contributed by atoms with Gasteiger partial charge in [-0.05, 0) is 35.8 Å². The summed E-state index contributed by atoms with van der Waals surface area (Å²) >= 11 is 12.7. The first-order valence-corrected chi connectivity index (χ1v) is 12.5. The Morgan fingerprint density at radius 2 is 1.93 bits per heavy atom. The summed E-state index contributed by atoms with van der Waals surface area (Å²) in [5.74, 6) is -1.50. The molecule has 4 heterocycles. The van der Waals surface area contributed by atoms with Crippen LogP contribution in [0.1, 0.15) is 35.1 Å². The molecule has 2 N–H and O–H groups in total. The van der Waals surface area contributed by atoms with Crippen LogP contribution in [-0.4, -0.2) is 58.0 Å². The molecule has 4 aromatic rings. The Bertz CT molecular complexity index is 1600. The lowest BCUT2D eigenvalue weighted by Crippen LogP contribution is -2.70. The molecule has 0 aliphatic carbocycles. The minimum atomic E-state index is -1.39. The smallest absolute Gasteiger partial charge is 0.291 e. The maximum atomic E-state index is 15.4. The second-order valence-electron chi connectivity index (χ2n) is 9.00. The number of carbonyl (C=O) groups is 2. The number of amides is 2. The molecule has 15 heteroatoms. The third kappa shape index (κ3) is 5.22. The second-order valence-corrected chi connectivity index (χ2v) is 9.84. The van der Waals surface area contributed by atoms with Gasteiger partial charge in [0.05, 0.1) is 43.1 Å². The van der Waals surface area contributed by atoms with Crippen LogP contribution in [0.4, 0.5) is 4.39 Å². The predicted octanol–water partition coefficient (Wildman–Crippen LogP) is 3.93. The van der Waals surface area contributed by atoms with Crippen LogP contribution in [0, 0.1) is 12.7 Å². The van der Waals surface area contributed by atoms with Crippen molar-refractivity contribution < 1.29 is 32.5 Å². The van der Waals surface area contributed by atoms with E-state index in [9.17, 15) is 9.59 Å². The standard InChI is InChI=1S/C25H21Cl2FN6O6/c1-11(30-24(36)25(9-38-10-25)32-23(35)18-7-19(37-3)33-40-18)21-17(28)4-13(8-29-21)15-5-14(26)6-16(27)20(15)22-31-12(2)39-34-22/h4-8,11H,9-10H2,1-3H3,(H,30,36)(H,32,35)/t11-/m1/s1. The summed E-state index contributed by atoms with van der Waals surface area (Å²) in [7, 11) is 1.37. The van der Waals surface area contributed by atoms with Crippen molar-refractivity contribution in [3.05, 3.63) is 63.7 Å². The Labute approximate surface area is 236 Å². The van der Waals surface area contributed by atoms with Gasteiger partial charge < -0.3 is 29.2 Å². The van der Waals surface area contributed by atoms with Crippen molar-refractivity contribution in [2.75, 3.05) is 20.3 Å². The van der Waals surface area contributed by atoms with E-state index in [4.69, 9.17) is 41.7 Å². The fraction of sp³-hybridized carbons (Fsp3) is 0.280. The minimum Gasteiger partial charge on any atom is -0.479 e. The molecule has 208 valence electrons. The lowest BCUT2D eigenvalue weighted by atomic mass is 9.95. The van der Waals surface area contributed by atoms with Crippen molar-refractivity contribution in [3.8, 4) is 28.4 Å². The van der Waals surface area contributed by atoms with Gasteiger partial charge in [-0.15, -0.1) is 0 Å². The summed E-state index contributed by atoms with van der Waals surface area (Å²) in [6.07, 6.45) is 1.42. The van der Waals surface area contributed by atoms with Crippen molar-refractivity contribution in [2.45, 2.75) is 25.4 Å². The molecule has 40 heavy (non-hydrogen) atoms. The van der Waals surface area contributed by atoms with Gasteiger partial charge in [-0.3, -0.25) is 14.6 Å². The van der Waals surface area contributed by atoms with Crippen LogP contribution >= 0.6 is 23.2 Å². The summed E-state index contributed by atoms with van der Waals surface area (Å²) in [6.45, 7) is 3.00. The fourth-order valence-electron chi connectivity index (χ4n) is 4.05. The van der Waals surface area contributed by atoms with E-state index in [1.165, 1.54) is 31.5 Å². The molecule has 5 rings (SSSR count). The highest BCUT2D eigenvalue weighted by molar-refractivity contribution is 6.37. The molecular weight excluding hydrogens is 570 g/mol. The molecule has 0 saturated carbocycles. The zero-order valence-corrected chi connectivity index (χ0v) is 22.8. The molecule has 12 nitrogen and oxygen atoms in total. The first-order valence-electron chi connectivity index (χ1n) is 11.8. The quantitative estimate of drug-likeness (QED) is 0.308. The summed E-state index contributed by atoms with van der Waals surface area (Å²) in [5.41, 5.74) is -0.253. The summed E-state index contributed by atoms with van der Waals surface area (Å²) in [5, 5.41) is 13.3. The van der Waals surface area contributed by atoms with E-state index in [1.54, 1.807) is 19.9 Å². The number of nitrogens with one attached hydrogen (secondary N) is 2. The number of ether oxygens (including phenoxy) is 2. The summed E-state index contributed by atoms with van der Waals surface area (Å²) in [4.78, 5) is 34.2. The molecular formula is C25H21Cl2FN6O6. The number of benzene rings is 1.